The van der Waals surface area contributed by atoms with Crippen LogP contribution in [0.4, 0.5) is 5.82 Å². The monoisotopic (exact) mass is 484 g/mol. The summed E-state index contributed by atoms with van der Waals surface area (Å²) in [5.41, 5.74) is 4.54. The van der Waals surface area contributed by atoms with Crippen molar-refractivity contribution in [1.29, 1.82) is 5.26 Å². The summed E-state index contributed by atoms with van der Waals surface area (Å²) in [6.45, 7) is 10.7. The first-order valence-electron chi connectivity index (χ1n) is 13.2. The molecular formula is C29H36N6O. The largest absolute Gasteiger partial charge is 0.349 e. The Labute approximate surface area is 213 Å². The van der Waals surface area contributed by atoms with E-state index < -0.39 is 0 Å². The maximum absolute atomic E-state index is 12.8. The molecule has 7 nitrogen and oxygen atoms in total. The molecule has 188 valence electrons. The Balaban J connectivity index is 1.48. The minimum atomic E-state index is -0.299. The van der Waals surface area contributed by atoms with E-state index in [1.807, 2.05) is 0 Å². The van der Waals surface area contributed by atoms with Crippen LogP contribution in [0, 0.1) is 11.3 Å². The van der Waals surface area contributed by atoms with Gasteiger partial charge in [0, 0.05) is 38.3 Å². The molecule has 0 radical (unpaired) electrons. The third kappa shape index (κ3) is 4.18. The second-order valence-corrected chi connectivity index (χ2v) is 10.8. The van der Waals surface area contributed by atoms with Crippen molar-refractivity contribution < 1.29 is 0 Å². The number of rotatable bonds is 6. The molecule has 5 rings (SSSR count). The fourth-order valence-electron chi connectivity index (χ4n) is 5.72. The number of aryl methyl sites for hydroxylation is 1. The molecule has 2 aliphatic rings. The quantitative estimate of drug-likeness (QED) is 0.505. The molecule has 36 heavy (non-hydrogen) atoms. The van der Waals surface area contributed by atoms with E-state index in [9.17, 15) is 10.1 Å². The van der Waals surface area contributed by atoms with Crippen LogP contribution in [0.15, 0.2) is 41.2 Å². The first kappa shape index (κ1) is 24.5. The summed E-state index contributed by atoms with van der Waals surface area (Å²) in [6, 6.07) is 15.7. The molecule has 1 aromatic carbocycles. The van der Waals surface area contributed by atoms with Crippen LogP contribution in [0.1, 0.15) is 76.2 Å². The number of fused-ring (bicyclic) bond motifs is 1. The minimum absolute atomic E-state index is 0.190. The van der Waals surface area contributed by atoms with Gasteiger partial charge in [-0.3, -0.25) is 9.47 Å². The first-order chi connectivity index (χ1) is 17.3. The van der Waals surface area contributed by atoms with E-state index in [2.05, 4.69) is 77.8 Å². The predicted molar refractivity (Wildman–Crippen MR) is 143 cm³/mol. The van der Waals surface area contributed by atoms with E-state index in [1.54, 1.807) is 19.2 Å². The molecule has 2 fully saturated rings. The Kier molecular flexibility index (Phi) is 6.34. The lowest BCUT2D eigenvalue weighted by molar-refractivity contribution is 0.101. The number of pyridine rings is 1. The molecule has 3 aromatic rings. The van der Waals surface area contributed by atoms with Gasteiger partial charge in [0.25, 0.3) is 0 Å². The van der Waals surface area contributed by atoms with E-state index in [0.29, 0.717) is 40.0 Å². The van der Waals surface area contributed by atoms with Gasteiger partial charge in [-0.2, -0.15) is 10.2 Å². The van der Waals surface area contributed by atoms with Crippen molar-refractivity contribution in [2.45, 2.75) is 76.9 Å². The topological polar surface area (TPSA) is 78.0 Å². The molecular weight excluding hydrogens is 448 g/mol. The first-order valence-corrected chi connectivity index (χ1v) is 13.2. The normalized spacial score (nSPS) is 22.4. The molecule has 0 amide bonds. The van der Waals surface area contributed by atoms with E-state index in [0.717, 1.165) is 25.9 Å². The van der Waals surface area contributed by atoms with E-state index in [1.165, 1.54) is 28.5 Å². The number of nitriles is 1. The summed E-state index contributed by atoms with van der Waals surface area (Å²) in [5, 5.41) is 9.45. The summed E-state index contributed by atoms with van der Waals surface area (Å²) in [7, 11) is 1.70. The summed E-state index contributed by atoms with van der Waals surface area (Å²) in [4.78, 5) is 26.7. The van der Waals surface area contributed by atoms with Crippen molar-refractivity contribution in [3.8, 4) is 6.07 Å². The molecule has 7 heteroatoms. The molecule has 1 aliphatic carbocycles. The number of anilines is 1. The lowest BCUT2D eigenvalue weighted by Crippen LogP contribution is -2.59. The van der Waals surface area contributed by atoms with Gasteiger partial charge in [-0.1, -0.05) is 45.0 Å². The van der Waals surface area contributed by atoms with Gasteiger partial charge in [0.1, 0.15) is 17.3 Å². The second-order valence-electron chi connectivity index (χ2n) is 10.8. The third-order valence-electron chi connectivity index (χ3n) is 8.59. The van der Waals surface area contributed by atoms with Crippen LogP contribution < -0.4 is 10.6 Å². The van der Waals surface area contributed by atoms with Crippen molar-refractivity contribution in [1.82, 2.24) is 19.4 Å². The van der Waals surface area contributed by atoms with E-state index >= 15 is 0 Å². The second kappa shape index (κ2) is 9.33. The number of nitrogens with zero attached hydrogens (tertiary/aromatic N) is 6. The molecule has 0 bridgehead atoms. The summed E-state index contributed by atoms with van der Waals surface area (Å²) >= 11 is 0. The van der Waals surface area contributed by atoms with Crippen molar-refractivity contribution >= 4 is 16.9 Å². The molecule has 0 spiro atoms. The molecule has 2 aromatic heterocycles. The minimum Gasteiger partial charge on any atom is -0.349 e. The van der Waals surface area contributed by atoms with Gasteiger partial charge in [0.2, 0.25) is 0 Å². The van der Waals surface area contributed by atoms with Gasteiger partial charge in [-0.25, -0.2) is 9.78 Å². The fraction of sp³-hybridized carbons (Fsp3) is 0.517. The Bertz CT molecular complexity index is 1370. The highest BCUT2D eigenvalue weighted by atomic mass is 16.1. The van der Waals surface area contributed by atoms with Crippen LogP contribution in [-0.4, -0.2) is 44.6 Å². The SMILES string of the molecule is CC[C@H]1CN(C(C)c2ccc(C3(C)CC3)cc2)[C@@H](CC)CN1c1nc(=O)n(C)c2ccc(C#N)nc12. The van der Waals surface area contributed by atoms with Gasteiger partial charge in [-0.05, 0) is 61.3 Å². The summed E-state index contributed by atoms with van der Waals surface area (Å²) in [6.07, 6.45) is 4.49. The Hall–Kier alpha value is -3.24. The summed E-state index contributed by atoms with van der Waals surface area (Å²) in [5.74, 6) is 0.602. The van der Waals surface area contributed by atoms with Crippen LogP contribution >= 0.6 is 0 Å². The zero-order valence-electron chi connectivity index (χ0n) is 22.0. The number of aromatic nitrogens is 3. The maximum atomic E-state index is 12.8. The number of benzene rings is 1. The lowest BCUT2D eigenvalue weighted by atomic mass is 9.93. The Morgan fingerprint density at radius 1 is 1.06 bits per heavy atom. The van der Waals surface area contributed by atoms with Crippen molar-refractivity contribution in [3.05, 3.63) is 63.7 Å². The van der Waals surface area contributed by atoms with Gasteiger partial charge in [-0.15, -0.1) is 0 Å². The highest BCUT2D eigenvalue weighted by molar-refractivity contribution is 5.86. The van der Waals surface area contributed by atoms with Crippen molar-refractivity contribution in [3.63, 3.8) is 0 Å². The van der Waals surface area contributed by atoms with Crippen molar-refractivity contribution in [2.75, 3.05) is 18.0 Å². The van der Waals surface area contributed by atoms with Crippen LogP contribution in [0.5, 0.6) is 0 Å². The number of hydrogen-bond donors (Lipinski definition) is 0. The standard InChI is InChI=1S/C29H36N6O/c1-6-23-18-35(27-26-25(33(5)28(36)32-27)13-12-22(16-30)31-26)24(7-2)17-34(23)19(3)20-8-10-21(11-9-20)29(4)14-15-29/h8-13,19,23-24H,6-7,14-15,17-18H2,1-5H3/t19?,23-,24-/m0/s1. The fourth-order valence-corrected chi connectivity index (χ4v) is 5.72. The van der Waals surface area contributed by atoms with Crippen molar-refractivity contribution in [2.24, 2.45) is 7.05 Å². The van der Waals surface area contributed by atoms with Gasteiger partial charge in [0.05, 0.1) is 5.52 Å². The third-order valence-corrected chi connectivity index (χ3v) is 8.59. The van der Waals surface area contributed by atoms with Gasteiger partial charge >= 0.3 is 5.69 Å². The van der Waals surface area contributed by atoms with Crippen LogP contribution in [0.25, 0.3) is 11.0 Å². The average molecular weight is 485 g/mol. The molecule has 3 heterocycles. The lowest BCUT2D eigenvalue weighted by Gasteiger charge is -2.49. The van der Waals surface area contributed by atoms with Crippen LogP contribution in [0.2, 0.25) is 0 Å². The van der Waals surface area contributed by atoms with Gasteiger partial charge in [0.15, 0.2) is 5.82 Å². The smallest absolute Gasteiger partial charge is 0.349 e. The zero-order chi connectivity index (χ0) is 25.6. The van der Waals surface area contributed by atoms with E-state index in [-0.39, 0.29) is 11.7 Å². The maximum Gasteiger partial charge on any atom is 0.349 e. The van der Waals surface area contributed by atoms with Crippen LogP contribution in [0.3, 0.4) is 0 Å². The number of piperazine rings is 1. The Morgan fingerprint density at radius 3 is 2.36 bits per heavy atom. The highest BCUT2D eigenvalue weighted by Crippen LogP contribution is 2.47. The molecule has 1 unspecified atom stereocenters. The molecule has 3 atom stereocenters. The van der Waals surface area contributed by atoms with Crippen LogP contribution in [-0.2, 0) is 12.5 Å². The zero-order valence-corrected chi connectivity index (χ0v) is 22.0. The molecule has 1 aliphatic heterocycles. The average Bonchev–Trinajstić information content (AvgIpc) is 3.67. The van der Waals surface area contributed by atoms with E-state index in [4.69, 9.17) is 0 Å². The highest BCUT2D eigenvalue weighted by Gasteiger charge is 2.39. The number of hydrogen-bond acceptors (Lipinski definition) is 6. The molecule has 1 saturated carbocycles. The predicted octanol–water partition coefficient (Wildman–Crippen LogP) is 4.69. The Morgan fingerprint density at radius 2 is 1.75 bits per heavy atom. The summed E-state index contributed by atoms with van der Waals surface area (Å²) < 4.78 is 1.51. The molecule has 0 N–H and O–H groups in total. The van der Waals surface area contributed by atoms with Gasteiger partial charge < -0.3 is 4.90 Å². The molecule has 1 saturated heterocycles.